The first-order chi connectivity index (χ1) is 10.6. The van der Waals surface area contributed by atoms with Gasteiger partial charge in [0.25, 0.3) is 0 Å². The first kappa shape index (κ1) is 15.2. The number of likely N-dealkylation sites (tertiary alicyclic amines) is 1. The number of rotatable bonds is 4. The Balaban J connectivity index is 1.57. The highest BCUT2D eigenvalue weighted by atomic mass is 16.3. The molecule has 22 heavy (non-hydrogen) atoms. The van der Waals surface area contributed by atoms with Crippen LogP contribution in [-0.2, 0) is 17.6 Å². The van der Waals surface area contributed by atoms with Crippen LogP contribution in [0.15, 0.2) is 18.2 Å². The molecule has 1 saturated heterocycles. The van der Waals surface area contributed by atoms with Crippen LogP contribution < -0.4 is 0 Å². The summed E-state index contributed by atoms with van der Waals surface area (Å²) in [6.45, 7) is 1.01. The molecule has 1 aliphatic heterocycles. The Morgan fingerprint density at radius 1 is 1.14 bits per heavy atom. The molecule has 0 aromatic heterocycles. The van der Waals surface area contributed by atoms with E-state index in [1.165, 1.54) is 24.0 Å². The van der Waals surface area contributed by atoms with Crippen molar-refractivity contribution < 1.29 is 14.7 Å². The van der Waals surface area contributed by atoms with Gasteiger partial charge in [-0.15, -0.1) is 0 Å². The zero-order valence-corrected chi connectivity index (χ0v) is 12.9. The second-order valence-corrected chi connectivity index (χ2v) is 6.40. The first-order valence-corrected chi connectivity index (χ1v) is 8.24. The number of hydrogen-bond acceptors (Lipinski definition) is 3. The Bertz CT molecular complexity index is 582. The molecule has 1 amide bonds. The van der Waals surface area contributed by atoms with Crippen molar-refractivity contribution in [1.82, 2.24) is 4.90 Å². The Labute approximate surface area is 131 Å². The molecule has 1 N–H and O–H groups in total. The number of fused-ring (bicyclic) bond motifs is 1. The fraction of sp³-hybridized carbons (Fsp3) is 0.556. The average molecular weight is 301 g/mol. The fourth-order valence-electron chi connectivity index (χ4n) is 3.40. The molecule has 1 heterocycles. The van der Waals surface area contributed by atoms with Crippen molar-refractivity contribution in [3.8, 4) is 0 Å². The number of β-amino-alcohol motifs (C(OH)–C–C–N with tert-alkyl or cyclic N) is 1. The van der Waals surface area contributed by atoms with Crippen LogP contribution in [0.3, 0.4) is 0 Å². The van der Waals surface area contributed by atoms with Gasteiger partial charge in [-0.05, 0) is 49.3 Å². The highest BCUT2D eigenvalue weighted by Crippen LogP contribution is 2.23. The van der Waals surface area contributed by atoms with Gasteiger partial charge < -0.3 is 10.0 Å². The van der Waals surface area contributed by atoms with Gasteiger partial charge in [-0.3, -0.25) is 9.59 Å². The maximum Gasteiger partial charge on any atom is 0.223 e. The molecule has 1 aliphatic carbocycles. The van der Waals surface area contributed by atoms with Crippen LogP contribution >= 0.6 is 0 Å². The first-order valence-electron chi connectivity index (χ1n) is 8.24. The summed E-state index contributed by atoms with van der Waals surface area (Å²) in [6.07, 6.45) is 5.33. The summed E-state index contributed by atoms with van der Waals surface area (Å²) in [7, 11) is 0. The minimum Gasteiger partial charge on any atom is -0.391 e. The zero-order valence-electron chi connectivity index (χ0n) is 12.9. The SMILES string of the molecule is O=C(CCC(=O)N1CC[C@H](O)C1)c1ccc2c(c1)CCCC2. The minimum atomic E-state index is -0.403. The minimum absolute atomic E-state index is 0.0251. The predicted molar refractivity (Wildman–Crippen MR) is 83.9 cm³/mol. The van der Waals surface area contributed by atoms with E-state index in [0.29, 0.717) is 19.5 Å². The van der Waals surface area contributed by atoms with Crippen molar-refractivity contribution >= 4 is 11.7 Å². The maximum absolute atomic E-state index is 12.3. The monoisotopic (exact) mass is 301 g/mol. The quantitative estimate of drug-likeness (QED) is 0.867. The third-order valence-corrected chi connectivity index (χ3v) is 4.75. The standard InChI is InChI=1S/C18H23NO3/c20-16-9-10-19(12-16)18(22)8-7-17(21)15-6-5-13-3-1-2-4-14(13)11-15/h5-6,11,16,20H,1-4,7-10,12H2/t16-/m0/s1. The Morgan fingerprint density at radius 3 is 2.64 bits per heavy atom. The summed E-state index contributed by atoms with van der Waals surface area (Å²) in [5, 5.41) is 9.46. The summed E-state index contributed by atoms with van der Waals surface area (Å²) in [5.74, 6) is 0.0179. The number of benzene rings is 1. The van der Waals surface area contributed by atoms with Crippen LogP contribution in [0.2, 0.25) is 0 Å². The van der Waals surface area contributed by atoms with Crippen molar-refractivity contribution in [1.29, 1.82) is 0 Å². The zero-order chi connectivity index (χ0) is 15.5. The van der Waals surface area contributed by atoms with Crippen molar-refractivity contribution in [3.63, 3.8) is 0 Å². The van der Waals surface area contributed by atoms with Crippen molar-refractivity contribution in [2.75, 3.05) is 13.1 Å². The molecule has 1 atom stereocenters. The molecule has 1 aromatic rings. The molecule has 0 radical (unpaired) electrons. The van der Waals surface area contributed by atoms with Crippen molar-refractivity contribution in [3.05, 3.63) is 34.9 Å². The van der Waals surface area contributed by atoms with Gasteiger partial charge in [-0.2, -0.15) is 0 Å². The Morgan fingerprint density at radius 2 is 1.91 bits per heavy atom. The summed E-state index contributed by atoms with van der Waals surface area (Å²) in [5.41, 5.74) is 3.39. The number of hydrogen-bond donors (Lipinski definition) is 1. The second kappa shape index (κ2) is 6.61. The van der Waals surface area contributed by atoms with Gasteiger partial charge in [-0.25, -0.2) is 0 Å². The topological polar surface area (TPSA) is 57.6 Å². The summed E-state index contributed by atoms with van der Waals surface area (Å²) in [4.78, 5) is 26.0. The third-order valence-electron chi connectivity index (χ3n) is 4.75. The lowest BCUT2D eigenvalue weighted by Crippen LogP contribution is -2.29. The predicted octanol–water partition coefficient (Wildman–Crippen LogP) is 2.12. The summed E-state index contributed by atoms with van der Waals surface area (Å²) < 4.78 is 0. The molecule has 0 saturated carbocycles. The molecule has 1 fully saturated rings. The van der Waals surface area contributed by atoms with E-state index >= 15 is 0 Å². The average Bonchev–Trinajstić information content (AvgIpc) is 2.98. The number of ketones is 1. The van der Waals surface area contributed by atoms with Crippen LogP contribution in [0.1, 0.15) is 53.6 Å². The van der Waals surface area contributed by atoms with Crippen LogP contribution in [0.4, 0.5) is 0 Å². The van der Waals surface area contributed by atoms with Gasteiger partial charge in [0.15, 0.2) is 5.78 Å². The number of nitrogens with zero attached hydrogens (tertiary/aromatic N) is 1. The Hall–Kier alpha value is -1.68. The molecule has 0 bridgehead atoms. The Kier molecular flexibility index (Phi) is 4.57. The van der Waals surface area contributed by atoms with E-state index in [4.69, 9.17) is 0 Å². The van der Waals surface area contributed by atoms with Gasteiger partial charge in [0.05, 0.1) is 6.10 Å². The molecule has 1 aromatic carbocycles. The number of aryl methyl sites for hydroxylation is 2. The van der Waals surface area contributed by atoms with E-state index < -0.39 is 6.10 Å². The van der Waals surface area contributed by atoms with Crippen molar-refractivity contribution in [2.45, 2.75) is 51.0 Å². The largest absolute Gasteiger partial charge is 0.391 e. The van der Waals surface area contributed by atoms with Crippen LogP contribution in [0, 0.1) is 0 Å². The number of carbonyl (C=O) groups is 2. The van der Waals surface area contributed by atoms with Gasteiger partial charge in [-0.1, -0.05) is 12.1 Å². The number of carbonyl (C=O) groups excluding carboxylic acids is 2. The van der Waals surface area contributed by atoms with E-state index in [1.807, 2.05) is 12.1 Å². The van der Waals surface area contributed by atoms with Crippen LogP contribution in [0.5, 0.6) is 0 Å². The molecule has 0 unspecified atom stereocenters. The number of aliphatic hydroxyl groups is 1. The molecule has 4 nitrogen and oxygen atoms in total. The van der Waals surface area contributed by atoms with E-state index in [2.05, 4.69) is 6.07 Å². The highest BCUT2D eigenvalue weighted by molar-refractivity contribution is 5.98. The molecule has 0 spiro atoms. The lowest BCUT2D eigenvalue weighted by atomic mass is 9.89. The van der Waals surface area contributed by atoms with E-state index in [-0.39, 0.29) is 24.5 Å². The third kappa shape index (κ3) is 3.38. The van der Waals surface area contributed by atoms with E-state index in [1.54, 1.807) is 4.90 Å². The molecule has 2 aliphatic rings. The van der Waals surface area contributed by atoms with E-state index in [0.717, 1.165) is 18.4 Å². The molecular formula is C18H23NO3. The lowest BCUT2D eigenvalue weighted by Gasteiger charge is -2.17. The van der Waals surface area contributed by atoms with Gasteiger partial charge in [0.1, 0.15) is 0 Å². The normalized spacial score (nSPS) is 20.8. The van der Waals surface area contributed by atoms with E-state index in [9.17, 15) is 14.7 Å². The summed E-state index contributed by atoms with van der Waals surface area (Å²) >= 11 is 0. The molecular weight excluding hydrogens is 278 g/mol. The molecule has 3 rings (SSSR count). The number of aliphatic hydroxyl groups excluding tert-OH is 1. The fourth-order valence-corrected chi connectivity index (χ4v) is 3.40. The van der Waals surface area contributed by atoms with Gasteiger partial charge >= 0.3 is 0 Å². The van der Waals surface area contributed by atoms with Gasteiger partial charge in [0, 0.05) is 31.5 Å². The summed E-state index contributed by atoms with van der Waals surface area (Å²) in [6, 6.07) is 5.98. The number of amides is 1. The van der Waals surface area contributed by atoms with Crippen LogP contribution in [0.25, 0.3) is 0 Å². The maximum atomic E-state index is 12.3. The van der Waals surface area contributed by atoms with Crippen molar-refractivity contribution in [2.24, 2.45) is 0 Å². The van der Waals surface area contributed by atoms with Gasteiger partial charge in [0.2, 0.25) is 5.91 Å². The second-order valence-electron chi connectivity index (χ2n) is 6.40. The highest BCUT2D eigenvalue weighted by Gasteiger charge is 2.24. The smallest absolute Gasteiger partial charge is 0.223 e. The lowest BCUT2D eigenvalue weighted by molar-refractivity contribution is -0.130. The van der Waals surface area contributed by atoms with Crippen LogP contribution in [-0.4, -0.2) is 40.9 Å². The molecule has 4 heteroatoms. The molecule has 118 valence electrons. The number of Topliss-reactive ketones (excluding diaryl/α,β-unsaturated/α-hetero) is 1.